The molecule has 0 heterocycles. The molecule has 4 aliphatic carbocycles. The molecule has 0 fully saturated rings. The van der Waals surface area contributed by atoms with Gasteiger partial charge in [0.1, 0.15) is 0 Å². The molecule has 0 bridgehead atoms. The summed E-state index contributed by atoms with van der Waals surface area (Å²) >= 11 is 3.11. The zero-order chi connectivity index (χ0) is 45.1. The van der Waals surface area contributed by atoms with Crippen LogP contribution in [0, 0.1) is 0 Å². The third-order valence-electron chi connectivity index (χ3n) is 12.4. The van der Waals surface area contributed by atoms with Gasteiger partial charge in [0.05, 0.1) is 0 Å². The van der Waals surface area contributed by atoms with E-state index < -0.39 is 0 Å². The Kier molecular flexibility index (Phi) is 25.7. The van der Waals surface area contributed by atoms with Crippen molar-refractivity contribution >= 4 is 6.41 Å². The molecule has 62 heavy (non-hydrogen) atoms. The molecule has 0 N–H and O–H groups in total. The van der Waals surface area contributed by atoms with Crippen LogP contribution in [-0.2, 0) is 121 Å². The largest absolute Gasteiger partial charge is 1.00 e. The zero-order valence-corrected chi connectivity index (χ0v) is 49.1. The van der Waals surface area contributed by atoms with Crippen molar-refractivity contribution in [3.05, 3.63) is 115 Å². The number of hydrogen-bond acceptors (Lipinski definition) is 0. The molecule has 4 aromatic carbocycles. The molecule has 8 rings (SSSR count). The maximum Gasteiger partial charge on any atom is -1.00 e. The summed E-state index contributed by atoms with van der Waals surface area (Å²) in [6.07, 6.45) is 21.6. The maximum absolute atomic E-state index is 2.34. The normalized spacial score (nSPS) is 15.3. The Bertz CT molecular complexity index is 1640. The number of rotatable bonds is 0. The Labute approximate surface area is 426 Å². The zero-order valence-electron chi connectivity index (χ0n) is 42.7. The molecule has 4 heteroatoms. The van der Waals surface area contributed by atoms with E-state index in [1.807, 2.05) is 0 Å². The van der Waals surface area contributed by atoms with Gasteiger partial charge in [0.15, 0.2) is 0 Å². The van der Waals surface area contributed by atoms with Crippen molar-refractivity contribution in [2.24, 2.45) is 0 Å². The molecule has 0 radical (unpaired) electrons. The molecule has 0 atom stereocenters. The van der Waals surface area contributed by atoms with Crippen LogP contribution >= 0.6 is 0 Å². The van der Waals surface area contributed by atoms with Crippen molar-refractivity contribution in [1.29, 1.82) is 0 Å². The van der Waals surface area contributed by atoms with Gasteiger partial charge in [-0.25, -0.2) is 0 Å². The molecule has 0 unspecified atom stereocenters. The summed E-state index contributed by atoms with van der Waals surface area (Å²) in [7, 11) is 0. The molecule has 0 aromatic heterocycles. The summed E-state index contributed by atoms with van der Waals surface area (Å²) in [6, 6.07) is 18.7. The molecular formula is C58H88Cl2Zr2-2. The van der Waals surface area contributed by atoms with Gasteiger partial charge < -0.3 is 24.8 Å². The number of fused-ring (bicyclic) bond motifs is 4. The first-order valence-electron chi connectivity index (χ1n) is 24.0. The predicted molar refractivity (Wildman–Crippen MR) is 262 cm³/mol. The van der Waals surface area contributed by atoms with E-state index in [1.165, 1.54) is 109 Å². The first kappa shape index (κ1) is 59.5. The van der Waals surface area contributed by atoms with Gasteiger partial charge in [0, 0.05) is 0 Å². The van der Waals surface area contributed by atoms with E-state index >= 15 is 0 Å². The fourth-order valence-electron chi connectivity index (χ4n) is 9.63. The van der Waals surface area contributed by atoms with Crippen molar-refractivity contribution in [3.8, 4) is 0 Å². The van der Waals surface area contributed by atoms with Crippen molar-refractivity contribution in [1.82, 2.24) is 0 Å². The molecule has 344 valence electrons. The second-order valence-electron chi connectivity index (χ2n) is 22.8. The van der Waals surface area contributed by atoms with E-state index in [1.54, 1.807) is 115 Å². The smallest absolute Gasteiger partial charge is 1.00 e. The third-order valence-corrected chi connectivity index (χ3v) is 12.4. The molecule has 0 amide bonds. The van der Waals surface area contributed by atoms with Crippen LogP contribution in [0.25, 0.3) is 0 Å². The summed E-state index contributed by atoms with van der Waals surface area (Å²) in [5, 5.41) is 0. The number of halogens is 2. The van der Waals surface area contributed by atoms with Crippen LogP contribution in [0.1, 0.15) is 229 Å². The Balaban J connectivity index is 0.000000386. The second-order valence-corrected chi connectivity index (χ2v) is 27.7. The molecule has 0 spiro atoms. The van der Waals surface area contributed by atoms with Crippen molar-refractivity contribution in [2.75, 3.05) is 0 Å². The molecule has 0 saturated carbocycles. The Morgan fingerprint density at radius 1 is 0.339 bits per heavy atom. The summed E-state index contributed by atoms with van der Waals surface area (Å²) in [6.45, 7) is 36.3. The topological polar surface area (TPSA) is 0 Å². The molecule has 4 aromatic rings. The Morgan fingerprint density at radius 3 is 0.629 bits per heavy atom. The van der Waals surface area contributed by atoms with Gasteiger partial charge in [-0.15, -0.1) is 0 Å². The maximum atomic E-state index is 2.34. The van der Waals surface area contributed by atoms with Gasteiger partial charge in [0.2, 0.25) is 0 Å². The first-order valence-corrected chi connectivity index (χ1v) is 26.4. The van der Waals surface area contributed by atoms with Crippen molar-refractivity contribution in [3.63, 3.8) is 0 Å². The van der Waals surface area contributed by atoms with Gasteiger partial charge in [0.25, 0.3) is 0 Å². The quantitative estimate of drug-likeness (QED) is 0.154. The minimum absolute atomic E-state index is 0. The fraction of sp³-hybridized carbons (Fsp3) is 0.621. The van der Waals surface area contributed by atoms with Gasteiger partial charge in [-0.1, -0.05) is 207 Å². The van der Waals surface area contributed by atoms with E-state index in [2.05, 4.69) is 159 Å². The van der Waals surface area contributed by atoms with Crippen LogP contribution in [0.3, 0.4) is 0 Å². The summed E-state index contributed by atoms with van der Waals surface area (Å²) in [4.78, 5) is 0. The van der Waals surface area contributed by atoms with Crippen LogP contribution in [0.2, 0.25) is 0 Å². The fourth-order valence-corrected chi connectivity index (χ4v) is 9.63. The van der Waals surface area contributed by atoms with Crippen LogP contribution in [0.5, 0.6) is 0 Å². The molecule has 0 saturated heterocycles. The minimum atomic E-state index is 0. The van der Waals surface area contributed by atoms with E-state index in [-0.39, 0.29) is 24.8 Å². The summed E-state index contributed by atoms with van der Waals surface area (Å²) in [5.41, 5.74) is 20.8. The SMILES string of the molecule is CC(C)(C)c1c[cH-]c2c1CCCC2.CC(C)(C)c1c[cH-]c2c1CCCC2.CC(C)(C)c1c[cH-]c2c1CCCC2.CC(C)(C)c1c[cH-]c2c1CCCC2.C[C](C)=[Zr+2].C[C](C)=[Zr+2].[Cl-].[Cl-]. The van der Waals surface area contributed by atoms with Crippen LogP contribution in [-0.4, -0.2) is 6.41 Å². The third kappa shape index (κ3) is 19.0. The molecule has 0 aliphatic heterocycles. The number of hydrogen-bond donors (Lipinski definition) is 0. The van der Waals surface area contributed by atoms with Gasteiger partial charge >= 0.3 is 82.6 Å². The Hall–Kier alpha value is -0.514. The predicted octanol–water partition coefficient (Wildman–Crippen LogP) is 9.83. The van der Waals surface area contributed by atoms with E-state index in [0.717, 1.165) is 0 Å². The van der Waals surface area contributed by atoms with Crippen LogP contribution in [0.15, 0.2) is 48.5 Å². The van der Waals surface area contributed by atoms with Gasteiger partial charge in [-0.05, 0) is 0 Å². The van der Waals surface area contributed by atoms with E-state index in [0.29, 0.717) is 21.7 Å². The first-order chi connectivity index (χ1) is 27.8. The molecule has 4 aliphatic rings. The minimum Gasteiger partial charge on any atom is -1.00 e. The van der Waals surface area contributed by atoms with Crippen molar-refractivity contribution in [2.45, 2.75) is 235 Å². The standard InChI is InChI=1S/4C13H19.2C3H6.2ClH.2Zr/c4*1-13(2,3)12-9-8-10-6-4-5-7-11(10)12;2*1-3-2;;;;/h4*8-9H,4-7H2,1-3H3;2*1-2H3;2*1H;;/q4*-1;;;;;2*+2/p-2. The van der Waals surface area contributed by atoms with Crippen LogP contribution in [0.4, 0.5) is 0 Å². The second kappa shape index (κ2) is 26.7. The van der Waals surface area contributed by atoms with Gasteiger partial charge in [-0.2, -0.15) is 115 Å². The number of aryl methyl sites for hydroxylation is 4. The average Bonchev–Trinajstić information content (AvgIpc) is 3.95. The molecular weight excluding hydrogens is 950 g/mol. The van der Waals surface area contributed by atoms with Crippen molar-refractivity contribution < 1.29 is 73.3 Å². The average molecular weight is 1040 g/mol. The van der Waals surface area contributed by atoms with E-state index in [4.69, 9.17) is 0 Å². The monoisotopic (exact) mass is 1030 g/mol. The Morgan fingerprint density at radius 2 is 0.484 bits per heavy atom. The van der Waals surface area contributed by atoms with Crippen LogP contribution < -0.4 is 24.8 Å². The summed E-state index contributed by atoms with van der Waals surface area (Å²) < 4.78 is 3.01. The molecule has 0 nitrogen and oxygen atoms in total. The van der Waals surface area contributed by atoms with Gasteiger partial charge in [-0.3, -0.25) is 0 Å². The summed E-state index contributed by atoms with van der Waals surface area (Å²) in [5.74, 6) is 0. The van der Waals surface area contributed by atoms with E-state index in [9.17, 15) is 0 Å².